The second kappa shape index (κ2) is 7.71. The van der Waals surface area contributed by atoms with Gasteiger partial charge in [-0.25, -0.2) is 4.99 Å². The lowest BCUT2D eigenvalue weighted by Crippen LogP contribution is -2.27. The molecule has 0 aromatic heterocycles. The summed E-state index contributed by atoms with van der Waals surface area (Å²) in [6, 6.07) is 7.27. The number of Topliss-reactive ketones (excluding diaryl/α,β-unsaturated/α-hetero) is 1. The number of anilines is 3. The fourth-order valence-electron chi connectivity index (χ4n) is 3.41. The first-order valence-electron chi connectivity index (χ1n) is 9.77. The van der Waals surface area contributed by atoms with Gasteiger partial charge in [0.05, 0.1) is 11.4 Å². The Labute approximate surface area is 177 Å². The van der Waals surface area contributed by atoms with E-state index in [1.54, 1.807) is 26.0 Å². The van der Waals surface area contributed by atoms with E-state index in [1.165, 1.54) is 0 Å². The summed E-state index contributed by atoms with van der Waals surface area (Å²) in [4.78, 5) is 17.6. The molecule has 2 aromatic rings. The number of benzene rings is 2. The molecule has 1 aliphatic rings. The first-order valence-corrected chi connectivity index (χ1v) is 9.77. The van der Waals surface area contributed by atoms with Crippen molar-refractivity contribution >= 4 is 34.2 Å². The number of aliphatic hydroxyl groups is 1. The molecule has 6 nitrogen and oxygen atoms in total. The summed E-state index contributed by atoms with van der Waals surface area (Å²) in [5.74, 6) is -0.370. The van der Waals surface area contributed by atoms with Gasteiger partial charge in [0.15, 0.2) is 0 Å². The maximum absolute atomic E-state index is 12.9. The zero-order valence-electron chi connectivity index (χ0n) is 18.3. The molecule has 156 valence electrons. The molecular formula is C24H28N4O2. The summed E-state index contributed by atoms with van der Waals surface area (Å²) < 4.78 is 0. The van der Waals surface area contributed by atoms with Gasteiger partial charge in [0, 0.05) is 28.2 Å². The average Bonchev–Trinajstić information content (AvgIpc) is 2.72. The topological polar surface area (TPSA) is 114 Å². The van der Waals surface area contributed by atoms with Crippen molar-refractivity contribution in [2.24, 2.45) is 4.99 Å². The summed E-state index contributed by atoms with van der Waals surface area (Å²) >= 11 is 0. The molecule has 0 atom stereocenters. The van der Waals surface area contributed by atoms with Crippen molar-refractivity contribution in [3.8, 4) is 0 Å². The number of nitrogens with one attached hydrogen (secondary N) is 1. The molecule has 0 spiro atoms. The Morgan fingerprint density at radius 2 is 1.37 bits per heavy atom. The Morgan fingerprint density at radius 1 is 0.800 bits per heavy atom. The molecule has 0 amide bonds. The van der Waals surface area contributed by atoms with Crippen LogP contribution in [-0.4, -0.2) is 16.6 Å². The van der Waals surface area contributed by atoms with E-state index >= 15 is 0 Å². The number of aliphatic imine (C=N–C) groups is 1. The van der Waals surface area contributed by atoms with Crippen LogP contribution >= 0.6 is 0 Å². The second-order valence-corrected chi connectivity index (χ2v) is 7.76. The number of carbonyl (C=O) groups excluding carboxylic acids is 1. The Balaban J connectivity index is 2.15. The van der Waals surface area contributed by atoms with Crippen LogP contribution in [0, 0.1) is 27.7 Å². The van der Waals surface area contributed by atoms with Crippen molar-refractivity contribution in [2.45, 2.75) is 41.5 Å². The molecule has 0 saturated heterocycles. The van der Waals surface area contributed by atoms with Gasteiger partial charge in [-0.1, -0.05) is 0 Å². The largest absolute Gasteiger partial charge is 0.505 e. The Morgan fingerprint density at radius 3 is 2.00 bits per heavy atom. The summed E-state index contributed by atoms with van der Waals surface area (Å²) in [7, 11) is 0. The van der Waals surface area contributed by atoms with Crippen molar-refractivity contribution in [3.05, 3.63) is 69.1 Å². The highest BCUT2D eigenvalue weighted by atomic mass is 16.3. The van der Waals surface area contributed by atoms with Crippen LogP contribution in [0.3, 0.4) is 0 Å². The minimum absolute atomic E-state index is 0.0736. The molecule has 0 radical (unpaired) electrons. The number of hydrogen-bond donors (Lipinski definition) is 4. The van der Waals surface area contributed by atoms with E-state index in [0.717, 1.165) is 27.9 Å². The van der Waals surface area contributed by atoms with E-state index in [4.69, 9.17) is 11.5 Å². The quantitative estimate of drug-likeness (QED) is 0.426. The molecule has 2 aromatic carbocycles. The summed E-state index contributed by atoms with van der Waals surface area (Å²) in [6.07, 6.45) is 0. The van der Waals surface area contributed by atoms with Crippen LogP contribution in [0.15, 0.2) is 51.9 Å². The number of rotatable bonds is 3. The standard InChI is InChI=1S/C24H28N4O2/c1-11-13(3)19(9-7-17(11)25)27-21-15(5)22(24(30)16(6)23(21)29)28-20-10-8-18(26)12(2)14(20)4/h7-10,27,29H,25-26H2,1-6H3. The third kappa shape index (κ3) is 3.45. The van der Waals surface area contributed by atoms with Gasteiger partial charge in [-0.3, -0.25) is 4.79 Å². The maximum atomic E-state index is 12.9. The van der Waals surface area contributed by atoms with Crippen LogP contribution in [0.4, 0.5) is 22.7 Å². The van der Waals surface area contributed by atoms with Crippen molar-refractivity contribution in [1.29, 1.82) is 0 Å². The van der Waals surface area contributed by atoms with Crippen LogP contribution in [0.5, 0.6) is 0 Å². The van der Waals surface area contributed by atoms with Crippen LogP contribution in [0.1, 0.15) is 36.1 Å². The third-order valence-electron chi connectivity index (χ3n) is 6.00. The SMILES string of the molecule is CC1=C(O)C(Nc2ccc(N)c(C)c2C)=C(C)C(=Nc2ccc(N)c(C)c2C)C1=O. The molecule has 3 rings (SSSR count). The summed E-state index contributed by atoms with van der Waals surface area (Å²) in [6.45, 7) is 11.1. The Kier molecular flexibility index (Phi) is 5.44. The lowest BCUT2D eigenvalue weighted by atomic mass is 9.92. The molecule has 0 bridgehead atoms. The van der Waals surface area contributed by atoms with E-state index in [9.17, 15) is 9.90 Å². The molecule has 0 unspecified atom stereocenters. The molecule has 30 heavy (non-hydrogen) atoms. The van der Waals surface area contributed by atoms with E-state index < -0.39 is 0 Å². The fourth-order valence-corrected chi connectivity index (χ4v) is 3.41. The highest BCUT2D eigenvalue weighted by molar-refractivity contribution is 6.52. The van der Waals surface area contributed by atoms with Gasteiger partial charge in [-0.2, -0.15) is 0 Å². The molecular weight excluding hydrogens is 376 g/mol. The van der Waals surface area contributed by atoms with E-state index in [2.05, 4.69) is 10.3 Å². The normalized spacial score (nSPS) is 15.9. The molecule has 6 heteroatoms. The number of nitrogens with zero attached hydrogens (tertiary/aromatic N) is 1. The smallest absolute Gasteiger partial charge is 0.211 e. The number of carbonyl (C=O) groups is 1. The van der Waals surface area contributed by atoms with Gasteiger partial charge in [0.25, 0.3) is 0 Å². The zero-order valence-corrected chi connectivity index (χ0v) is 18.3. The van der Waals surface area contributed by atoms with Gasteiger partial charge in [0.2, 0.25) is 5.78 Å². The zero-order chi connectivity index (χ0) is 22.3. The lowest BCUT2D eigenvalue weighted by molar-refractivity contribution is -0.109. The monoisotopic (exact) mass is 404 g/mol. The predicted molar refractivity (Wildman–Crippen MR) is 124 cm³/mol. The first-order chi connectivity index (χ1) is 14.0. The predicted octanol–water partition coefficient (Wildman–Crippen LogP) is 4.96. The Hall–Kier alpha value is -3.54. The summed E-state index contributed by atoms with van der Waals surface area (Å²) in [5.41, 5.74) is 20.2. The first kappa shape index (κ1) is 21.2. The van der Waals surface area contributed by atoms with Gasteiger partial charge >= 0.3 is 0 Å². The number of allylic oxidation sites excluding steroid dienone is 2. The van der Waals surface area contributed by atoms with Gasteiger partial charge in [-0.05, 0) is 88.1 Å². The van der Waals surface area contributed by atoms with Gasteiger partial charge in [-0.15, -0.1) is 0 Å². The fraction of sp³-hybridized carbons (Fsp3) is 0.250. The molecule has 0 aliphatic heterocycles. The van der Waals surface area contributed by atoms with Crippen molar-refractivity contribution < 1.29 is 9.90 Å². The number of nitrogens with two attached hydrogens (primary N) is 2. The highest BCUT2D eigenvalue weighted by Crippen LogP contribution is 2.32. The van der Waals surface area contributed by atoms with Crippen molar-refractivity contribution in [3.63, 3.8) is 0 Å². The molecule has 0 heterocycles. The van der Waals surface area contributed by atoms with Crippen LogP contribution in [0.2, 0.25) is 0 Å². The lowest BCUT2D eigenvalue weighted by Gasteiger charge is -2.23. The maximum Gasteiger partial charge on any atom is 0.211 e. The van der Waals surface area contributed by atoms with E-state index in [1.807, 2.05) is 39.8 Å². The van der Waals surface area contributed by atoms with E-state index in [-0.39, 0.29) is 17.1 Å². The molecule has 0 fully saturated rings. The Bertz CT molecular complexity index is 1170. The van der Waals surface area contributed by atoms with Crippen molar-refractivity contribution in [1.82, 2.24) is 0 Å². The van der Waals surface area contributed by atoms with Gasteiger partial charge in [0.1, 0.15) is 11.5 Å². The minimum atomic E-state index is -0.297. The number of aliphatic hydroxyl groups excluding tert-OH is 1. The molecule has 6 N–H and O–H groups in total. The van der Waals surface area contributed by atoms with Crippen LogP contribution in [-0.2, 0) is 4.79 Å². The average molecular weight is 405 g/mol. The van der Waals surface area contributed by atoms with Crippen molar-refractivity contribution in [2.75, 3.05) is 16.8 Å². The number of nitrogen functional groups attached to an aromatic ring is 2. The van der Waals surface area contributed by atoms with E-state index in [0.29, 0.717) is 34.0 Å². The molecule has 0 saturated carbocycles. The highest BCUT2D eigenvalue weighted by Gasteiger charge is 2.29. The number of hydrogen-bond acceptors (Lipinski definition) is 6. The third-order valence-corrected chi connectivity index (χ3v) is 6.00. The van der Waals surface area contributed by atoms with Crippen LogP contribution in [0.25, 0.3) is 0 Å². The summed E-state index contributed by atoms with van der Waals surface area (Å²) in [5, 5.41) is 14.0. The minimum Gasteiger partial charge on any atom is -0.505 e. The van der Waals surface area contributed by atoms with Crippen LogP contribution < -0.4 is 16.8 Å². The molecule has 1 aliphatic carbocycles. The number of ketones is 1. The second-order valence-electron chi connectivity index (χ2n) is 7.76. The van der Waals surface area contributed by atoms with Gasteiger partial charge < -0.3 is 21.9 Å².